The molecule has 5 rings (SSSR count). The molecule has 216 valence electrons. The van der Waals surface area contributed by atoms with E-state index in [4.69, 9.17) is 4.74 Å². The fraction of sp³-hybridized carbons (Fsp3) is 0.400. The summed E-state index contributed by atoms with van der Waals surface area (Å²) in [4.78, 5) is 15.6. The van der Waals surface area contributed by atoms with E-state index < -0.39 is 0 Å². The highest BCUT2D eigenvalue weighted by Gasteiger charge is 2.19. The first-order chi connectivity index (χ1) is 19.7. The van der Waals surface area contributed by atoms with Gasteiger partial charge in [-0.3, -0.25) is 9.69 Å². The van der Waals surface area contributed by atoms with E-state index in [2.05, 4.69) is 52.2 Å². The molecule has 40 heavy (non-hydrogen) atoms. The van der Waals surface area contributed by atoms with Crippen molar-refractivity contribution in [2.24, 2.45) is 0 Å². The molecular formula is C35H49N3O2. The molecule has 0 spiro atoms. The van der Waals surface area contributed by atoms with Crippen LogP contribution in [0.1, 0.15) is 75.9 Å². The van der Waals surface area contributed by atoms with Crippen LogP contribution in [0.3, 0.4) is 0 Å². The number of benzene rings is 3. The standard InChI is InChI=1S/C29H31N3O2.3C2H6/c1-31(25-15-17-34-18-16-25)19-23-11-13-24(14-12-23)30-29(33)27-21-32(20-22-7-3-2-4-8-22)28-10-6-5-9-26(27)28;3*1-2/h2-14,21,25H,15-20H2,1H3,(H,30,33);3*1-2H3. The minimum absolute atomic E-state index is 0.0879. The van der Waals surface area contributed by atoms with E-state index in [0.29, 0.717) is 11.6 Å². The number of fused-ring (bicyclic) bond motifs is 1. The van der Waals surface area contributed by atoms with Crippen LogP contribution in [0.15, 0.2) is 85.1 Å². The number of rotatable bonds is 7. The molecule has 1 aliphatic heterocycles. The largest absolute Gasteiger partial charge is 0.381 e. The summed E-state index contributed by atoms with van der Waals surface area (Å²) < 4.78 is 7.63. The summed E-state index contributed by atoms with van der Waals surface area (Å²) in [6, 6.07) is 27.2. The number of ether oxygens (including phenoxy) is 1. The molecule has 0 atom stereocenters. The summed E-state index contributed by atoms with van der Waals surface area (Å²) in [7, 11) is 2.18. The quantitative estimate of drug-likeness (QED) is 0.254. The van der Waals surface area contributed by atoms with Crippen molar-refractivity contribution in [2.75, 3.05) is 25.6 Å². The Morgan fingerprint density at radius 1 is 0.825 bits per heavy atom. The second kappa shape index (κ2) is 18.0. The van der Waals surface area contributed by atoms with Gasteiger partial charge in [0.1, 0.15) is 0 Å². The lowest BCUT2D eigenvalue weighted by Crippen LogP contribution is -2.36. The average Bonchev–Trinajstić information content (AvgIpc) is 3.40. The zero-order valence-electron chi connectivity index (χ0n) is 25.6. The van der Waals surface area contributed by atoms with Crippen molar-refractivity contribution in [1.82, 2.24) is 9.47 Å². The van der Waals surface area contributed by atoms with Crippen LogP contribution in [0.25, 0.3) is 10.9 Å². The van der Waals surface area contributed by atoms with Crippen LogP contribution in [0.2, 0.25) is 0 Å². The second-order valence-electron chi connectivity index (χ2n) is 9.08. The van der Waals surface area contributed by atoms with Gasteiger partial charge in [-0.15, -0.1) is 0 Å². The van der Waals surface area contributed by atoms with Crippen LogP contribution in [-0.4, -0.2) is 41.7 Å². The molecule has 1 aliphatic rings. The number of aromatic nitrogens is 1. The van der Waals surface area contributed by atoms with E-state index >= 15 is 0 Å². The minimum Gasteiger partial charge on any atom is -0.381 e. The Hall–Kier alpha value is -3.41. The minimum atomic E-state index is -0.0879. The van der Waals surface area contributed by atoms with Gasteiger partial charge in [0, 0.05) is 55.1 Å². The monoisotopic (exact) mass is 543 g/mol. The molecule has 1 amide bonds. The fourth-order valence-corrected chi connectivity index (χ4v) is 4.77. The smallest absolute Gasteiger partial charge is 0.257 e. The second-order valence-corrected chi connectivity index (χ2v) is 9.08. The highest BCUT2D eigenvalue weighted by Crippen LogP contribution is 2.24. The van der Waals surface area contributed by atoms with Gasteiger partial charge >= 0.3 is 0 Å². The van der Waals surface area contributed by atoms with Crippen LogP contribution in [-0.2, 0) is 17.8 Å². The van der Waals surface area contributed by atoms with E-state index in [1.165, 1.54) is 11.1 Å². The van der Waals surface area contributed by atoms with Crippen molar-refractivity contribution >= 4 is 22.5 Å². The van der Waals surface area contributed by atoms with Crippen molar-refractivity contribution in [2.45, 2.75) is 73.5 Å². The number of carbonyl (C=O) groups excluding carboxylic acids is 1. The third-order valence-electron chi connectivity index (χ3n) is 6.69. The molecule has 5 heteroatoms. The highest BCUT2D eigenvalue weighted by molar-refractivity contribution is 6.13. The molecule has 0 unspecified atom stereocenters. The van der Waals surface area contributed by atoms with Gasteiger partial charge in [-0.1, -0.05) is 102 Å². The van der Waals surface area contributed by atoms with Gasteiger partial charge in [0.2, 0.25) is 0 Å². The zero-order chi connectivity index (χ0) is 29.3. The number of anilines is 1. The Kier molecular flexibility index (Phi) is 14.8. The van der Waals surface area contributed by atoms with E-state index in [-0.39, 0.29) is 5.91 Å². The predicted octanol–water partition coefficient (Wildman–Crippen LogP) is 8.63. The van der Waals surface area contributed by atoms with E-state index in [1.54, 1.807) is 0 Å². The van der Waals surface area contributed by atoms with Gasteiger partial charge < -0.3 is 14.6 Å². The van der Waals surface area contributed by atoms with Gasteiger partial charge in [0.15, 0.2) is 0 Å². The molecule has 0 saturated carbocycles. The summed E-state index contributed by atoms with van der Waals surface area (Å²) in [6.07, 6.45) is 4.13. The highest BCUT2D eigenvalue weighted by atomic mass is 16.5. The van der Waals surface area contributed by atoms with Crippen LogP contribution in [0.5, 0.6) is 0 Å². The first kappa shape index (κ1) is 32.8. The summed E-state index contributed by atoms with van der Waals surface area (Å²) in [5, 5.41) is 4.05. The van der Waals surface area contributed by atoms with Gasteiger partial charge in [-0.05, 0) is 49.2 Å². The van der Waals surface area contributed by atoms with Crippen molar-refractivity contribution in [3.8, 4) is 0 Å². The summed E-state index contributed by atoms with van der Waals surface area (Å²) in [5.41, 5.74) is 5.00. The van der Waals surface area contributed by atoms with Crippen LogP contribution in [0.4, 0.5) is 5.69 Å². The lowest BCUT2D eigenvalue weighted by Gasteiger charge is -2.31. The molecule has 2 heterocycles. The molecule has 1 aromatic heterocycles. The van der Waals surface area contributed by atoms with Crippen LogP contribution < -0.4 is 5.32 Å². The summed E-state index contributed by atoms with van der Waals surface area (Å²) in [6.45, 7) is 15.3. The first-order valence-corrected chi connectivity index (χ1v) is 15.0. The third-order valence-corrected chi connectivity index (χ3v) is 6.69. The SMILES string of the molecule is CC.CC.CC.CN(Cc1ccc(NC(=O)c2cn(Cc3ccccc3)c3ccccc23)cc1)C1CCOCC1. The average molecular weight is 544 g/mol. The van der Waals surface area contributed by atoms with Crippen LogP contribution >= 0.6 is 0 Å². The van der Waals surface area contributed by atoms with Crippen LogP contribution in [0, 0.1) is 0 Å². The molecule has 1 N–H and O–H groups in total. The lowest BCUT2D eigenvalue weighted by molar-refractivity contribution is 0.0407. The van der Waals surface area contributed by atoms with E-state index in [0.717, 1.165) is 55.7 Å². The van der Waals surface area contributed by atoms with Crippen molar-refractivity contribution in [3.05, 3.63) is 102 Å². The number of hydrogen-bond donors (Lipinski definition) is 1. The maximum atomic E-state index is 13.2. The van der Waals surface area contributed by atoms with Gasteiger partial charge in [-0.2, -0.15) is 0 Å². The molecule has 1 saturated heterocycles. The molecule has 0 radical (unpaired) electrons. The summed E-state index contributed by atoms with van der Waals surface area (Å²) >= 11 is 0. The summed E-state index contributed by atoms with van der Waals surface area (Å²) in [5.74, 6) is -0.0879. The van der Waals surface area contributed by atoms with Crippen molar-refractivity contribution in [1.29, 1.82) is 0 Å². The topological polar surface area (TPSA) is 46.5 Å². The van der Waals surface area contributed by atoms with E-state index in [9.17, 15) is 4.79 Å². The molecule has 4 aromatic rings. The predicted molar refractivity (Wildman–Crippen MR) is 171 cm³/mol. The maximum Gasteiger partial charge on any atom is 0.257 e. The Labute approximate surface area is 242 Å². The van der Waals surface area contributed by atoms with Gasteiger partial charge in [0.25, 0.3) is 5.91 Å². The first-order valence-electron chi connectivity index (χ1n) is 15.0. The fourth-order valence-electron chi connectivity index (χ4n) is 4.77. The molecular weight excluding hydrogens is 494 g/mol. The van der Waals surface area contributed by atoms with Crippen molar-refractivity contribution in [3.63, 3.8) is 0 Å². The Balaban J connectivity index is 0.000000876. The molecule has 1 fully saturated rings. The lowest BCUT2D eigenvalue weighted by atomic mass is 10.1. The van der Waals surface area contributed by atoms with E-state index in [1.807, 2.05) is 96.3 Å². The number of para-hydroxylation sites is 1. The molecule has 0 bridgehead atoms. The van der Waals surface area contributed by atoms with Gasteiger partial charge in [-0.25, -0.2) is 0 Å². The normalized spacial score (nSPS) is 12.8. The maximum absolute atomic E-state index is 13.2. The molecule has 5 nitrogen and oxygen atoms in total. The number of carbonyl (C=O) groups is 1. The third kappa shape index (κ3) is 9.07. The Morgan fingerprint density at radius 2 is 1.43 bits per heavy atom. The van der Waals surface area contributed by atoms with Gasteiger partial charge in [0.05, 0.1) is 5.56 Å². The number of nitrogens with zero attached hydrogens (tertiary/aromatic N) is 2. The number of amides is 1. The Bertz CT molecular complexity index is 1240. The Morgan fingerprint density at radius 3 is 2.08 bits per heavy atom. The molecule has 0 aliphatic carbocycles. The zero-order valence-corrected chi connectivity index (χ0v) is 25.6. The molecule has 3 aromatic carbocycles. The number of nitrogens with one attached hydrogen (secondary N) is 1. The van der Waals surface area contributed by atoms with Crippen molar-refractivity contribution < 1.29 is 9.53 Å². The number of hydrogen-bond acceptors (Lipinski definition) is 3.